The molecule has 2 N–H and O–H groups in total. The average molecular weight is 474 g/mol. The fourth-order valence-electron chi connectivity index (χ4n) is 3.78. The standard InChI is InChI=1S/C24H30N3O5S/c1-3-33-24-21(26-27-25)23(30-15-19-12-8-5-9-13-19)22(31-17(2)28)20(32-24)16-29-14-18-10-6-4-7-11-18/h4-13,20-24H,3,14-16H2,1-2H3,(H-,25,26)/q-1/p+1/t20?,21?,22-,23?,24+/m1/s1. The third-order valence-electron chi connectivity index (χ3n) is 5.24. The van der Waals surface area contributed by atoms with Crippen molar-refractivity contribution in [2.75, 3.05) is 12.4 Å². The Morgan fingerprint density at radius 1 is 1.06 bits per heavy atom. The van der Waals surface area contributed by atoms with Crippen molar-refractivity contribution in [3.63, 3.8) is 0 Å². The average Bonchev–Trinajstić information content (AvgIpc) is 2.82. The molecule has 3 unspecified atom stereocenters. The molecular formula is C24H31N3O5S. The van der Waals surface area contributed by atoms with Crippen LogP contribution in [-0.4, -0.2) is 48.1 Å². The van der Waals surface area contributed by atoms with Crippen LogP contribution < -0.4 is 5.43 Å². The van der Waals surface area contributed by atoms with Crippen LogP contribution in [0.3, 0.4) is 0 Å². The van der Waals surface area contributed by atoms with Crippen molar-refractivity contribution in [2.45, 2.75) is 56.9 Å². The highest BCUT2D eigenvalue weighted by Crippen LogP contribution is 2.31. The zero-order valence-electron chi connectivity index (χ0n) is 18.9. The van der Waals surface area contributed by atoms with Gasteiger partial charge in [0.1, 0.15) is 6.10 Å². The summed E-state index contributed by atoms with van der Waals surface area (Å²) >= 11 is 1.58. The molecule has 1 heterocycles. The van der Waals surface area contributed by atoms with E-state index in [1.165, 1.54) is 12.3 Å². The van der Waals surface area contributed by atoms with Crippen LogP contribution in [0.5, 0.6) is 0 Å². The number of thioether (sulfide) groups is 1. The van der Waals surface area contributed by atoms with E-state index in [1.807, 2.05) is 67.6 Å². The van der Waals surface area contributed by atoms with Crippen LogP contribution in [0.15, 0.2) is 65.9 Å². The zero-order valence-corrected chi connectivity index (χ0v) is 19.7. The fourth-order valence-corrected chi connectivity index (χ4v) is 4.78. The first-order chi connectivity index (χ1) is 16.1. The van der Waals surface area contributed by atoms with Crippen molar-refractivity contribution >= 4 is 17.7 Å². The third kappa shape index (κ3) is 7.62. The fraction of sp³-hybridized carbons (Fsp3) is 0.458. The Morgan fingerprint density at radius 3 is 2.27 bits per heavy atom. The maximum Gasteiger partial charge on any atom is 0.303 e. The van der Waals surface area contributed by atoms with E-state index in [0.29, 0.717) is 13.2 Å². The number of ether oxygens (including phenoxy) is 4. The number of rotatable bonds is 12. The Balaban J connectivity index is 1.79. The molecule has 2 aromatic carbocycles. The summed E-state index contributed by atoms with van der Waals surface area (Å²) in [5.74, 6) is 0.355. The van der Waals surface area contributed by atoms with Gasteiger partial charge in [-0.1, -0.05) is 67.6 Å². The van der Waals surface area contributed by atoms with Crippen molar-refractivity contribution in [1.82, 2.24) is 0 Å². The predicted octanol–water partition coefficient (Wildman–Crippen LogP) is 3.07. The minimum atomic E-state index is -0.723. The lowest BCUT2D eigenvalue weighted by atomic mass is 9.97. The molecule has 178 valence electrons. The van der Waals surface area contributed by atoms with E-state index in [9.17, 15) is 10.3 Å². The van der Waals surface area contributed by atoms with Gasteiger partial charge < -0.3 is 24.5 Å². The van der Waals surface area contributed by atoms with Gasteiger partial charge in [-0.25, -0.2) is 10.6 Å². The number of carbonyl (C=O) groups is 1. The zero-order chi connectivity index (χ0) is 23.5. The number of hydrogen-bond acceptors (Lipinski definition) is 7. The number of hydrogen-bond donors (Lipinski definition) is 1. The number of benzene rings is 2. The van der Waals surface area contributed by atoms with Gasteiger partial charge in [-0.2, -0.15) is 0 Å². The second kappa shape index (κ2) is 13.4. The molecule has 0 spiro atoms. The molecule has 2 aromatic rings. The topological polar surface area (TPSA) is 105 Å². The van der Waals surface area contributed by atoms with Gasteiger partial charge in [-0.15, -0.1) is 11.8 Å². The molecule has 1 aliphatic rings. The van der Waals surface area contributed by atoms with E-state index < -0.39 is 30.3 Å². The van der Waals surface area contributed by atoms with E-state index in [0.717, 1.165) is 16.9 Å². The molecule has 5 atom stereocenters. The highest BCUT2D eigenvalue weighted by Gasteiger charge is 2.51. The smallest absolute Gasteiger partial charge is 0.303 e. The molecule has 0 radical (unpaired) electrons. The summed E-state index contributed by atoms with van der Waals surface area (Å²) < 4.78 is 24.2. The van der Waals surface area contributed by atoms with E-state index >= 15 is 0 Å². The first-order valence-electron chi connectivity index (χ1n) is 11.0. The summed E-state index contributed by atoms with van der Waals surface area (Å²) in [6, 6.07) is 19.2. The molecule has 1 saturated heterocycles. The maximum atomic E-state index is 12.0. The summed E-state index contributed by atoms with van der Waals surface area (Å²) in [7, 11) is 0. The predicted molar refractivity (Wildman–Crippen MR) is 125 cm³/mol. The van der Waals surface area contributed by atoms with E-state index in [1.54, 1.807) is 11.8 Å². The van der Waals surface area contributed by atoms with Crippen LogP contribution in [0.4, 0.5) is 0 Å². The maximum absolute atomic E-state index is 12.0. The molecule has 0 aromatic heterocycles. The summed E-state index contributed by atoms with van der Waals surface area (Å²) in [6.07, 6.45) is -1.84. The molecule has 8 nitrogen and oxygen atoms in total. The normalized spacial score (nSPS) is 24.8. The van der Waals surface area contributed by atoms with Crippen molar-refractivity contribution in [3.05, 3.63) is 77.3 Å². The van der Waals surface area contributed by atoms with E-state index in [2.05, 4.69) is 5.22 Å². The summed E-state index contributed by atoms with van der Waals surface area (Å²) in [6.45, 7) is 4.34. The van der Waals surface area contributed by atoms with Crippen LogP contribution in [0.25, 0.3) is 5.53 Å². The second-order valence-electron chi connectivity index (χ2n) is 7.68. The molecular weight excluding hydrogens is 442 g/mol. The number of quaternary nitrogens is 1. The lowest BCUT2D eigenvalue weighted by Gasteiger charge is -2.43. The van der Waals surface area contributed by atoms with Crippen LogP contribution in [-0.2, 0) is 37.0 Å². The molecule has 1 aliphatic heterocycles. The van der Waals surface area contributed by atoms with Crippen molar-refractivity contribution in [3.8, 4) is 0 Å². The lowest BCUT2D eigenvalue weighted by Crippen LogP contribution is -2.92. The molecule has 0 saturated carbocycles. The largest absolute Gasteiger partial charge is 0.653 e. The SMILES string of the molecule is CCS[C@@H]1OC(COCc2ccccc2)[C@@H](OC(C)=O)C(OCc2ccccc2)C1[NH2+]N=[N-]. The first-order valence-corrected chi connectivity index (χ1v) is 12.1. The number of nitrogens with two attached hydrogens (primary N) is 1. The second-order valence-corrected chi connectivity index (χ2v) is 9.05. The van der Waals surface area contributed by atoms with Gasteiger partial charge in [0.2, 0.25) is 0 Å². The van der Waals surface area contributed by atoms with Gasteiger partial charge in [0, 0.05) is 6.92 Å². The van der Waals surface area contributed by atoms with Crippen molar-refractivity contribution < 1.29 is 29.2 Å². The molecule has 0 aliphatic carbocycles. The van der Waals surface area contributed by atoms with Gasteiger partial charge in [0.25, 0.3) is 0 Å². The van der Waals surface area contributed by atoms with Gasteiger partial charge in [0.05, 0.1) is 19.8 Å². The Hall–Kier alpha value is -2.30. The van der Waals surface area contributed by atoms with Gasteiger partial charge in [0.15, 0.2) is 23.7 Å². The number of nitrogens with zero attached hydrogens (tertiary/aromatic N) is 2. The van der Waals surface area contributed by atoms with E-state index in [4.69, 9.17) is 18.9 Å². The Bertz CT molecular complexity index is 858. The minimum Gasteiger partial charge on any atom is -0.653 e. The van der Waals surface area contributed by atoms with Crippen molar-refractivity contribution in [1.29, 1.82) is 0 Å². The molecule has 1 fully saturated rings. The molecule has 33 heavy (non-hydrogen) atoms. The van der Waals surface area contributed by atoms with Crippen LogP contribution in [0.2, 0.25) is 0 Å². The Kier molecular flexibility index (Phi) is 10.3. The molecule has 9 heteroatoms. The lowest BCUT2D eigenvalue weighted by molar-refractivity contribution is -0.714. The van der Waals surface area contributed by atoms with Gasteiger partial charge >= 0.3 is 5.97 Å². The Labute approximate surface area is 198 Å². The molecule has 0 bridgehead atoms. The van der Waals surface area contributed by atoms with Gasteiger partial charge in [-0.3, -0.25) is 4.79 Å². The number of esters is 1. The monoisotopic (exact) mass is 473 g/mol. The van der Waals surface area contributed by atoms with E-state index in [-0.39, 0.29) is 12.0 Å². The number of carbonyl (C=O) groups excluding carboxylic acids is 1. The summed E-state index contributed by atoms with van der Waals surface area (Å²) in [4.78, 5) is 12.0. The third-order valence-corrected chi connectivity index (χ3v) is 6.33. The highest BCUT2D eigenvalue weighted by atomic mass is 32.2. The Morgan fingerprint density at radius 2 is 1.70 bits per heavy atom. The van der Waals surface area contributed by atoms with Crippen LogP contribution in [0.1, 0.15) is 25.0 Å². The molecule has 3 rings (SSSR count). The minimum absolute atomic E-state index is 0.224. The van der Waals surface area contributed by atoms with Crippen LogP contribution >= 0.6 is 11.8 Å². The molecule has 0 amide bonds. The highest BCUT2D eigenvalue weighted by molar-refractivity contribution is 7.99. The van der Waals surface area contributed by atoms with Crippen LogP contribution in [0, 0.1) is 0 Å². The van der Waals surface area contributed by atoms with Crippen molar-refractivity contribution in [2.24, 2.45) is 5.22 Å². The summed E-state index contributed by atoms with van der Waals surface area (Å²) in [5, 5.41) is 3.27. The quantitative estimate of drug-likeness (QED) is 0.220. The first kappa shape index (κ1) is 25.3. The summed E-state index contributed by atoms with van der Waals surface area (Å²) in [5.41, 5.74) is 12.4. The van der Waals surface area contributed by atoms with Gasteiger partial charge in [-0.05, 0) is 16.9 Å².